The van der Waals surface area contributed by atoms with Crippen LogP contribution in [0.2, 0.25) is 5.02 Å². The average molecular weight is 270 g/mol. The zero-order chi connectivity index (χ0) is 13.3. The Balaban J connectivity index is 2.18. The first-order valence-corrected chi connectivity index (χ1v) is 7.03. The number of hydrogen-bond donors (Lipinski definition) is 1. The average Bonchev–Trinajstić information content (AvgIpc) is 2.31. The van der Waals surface area contributed by atoms with Gasteiger partial charge >= 0.3 is 0 Å². The number of benzene rings is 1. The van der Waals surface area contributed by atoms with Gasteiger partial charge in [-0.2, -0.15) is 0 Å². The number of nitrogens with two attached hydrogens (primary N) is 1. The predicted octanol–water partition coefficient (Wildman–Crippen LogP) is 4.18. The largest absolute Gasteiger partial charge is 0.325 e. The Morgan fingerprint density at radius 3 is 2.83 bits per heavy atom. The third-order valence-corrected chi connectivity index (χ3v) is 4.89. The molecule has 18 heavy (non-hydrogen) atoms. The second-order valence-corrected chi connectivity index (χ2v) is 6.22. The lowest BCUT2D eigenvalue weighted by molar-refractivity contribution is 0.143. The Kier molecular flexibility index (Phi) is 3.98. The van der Waals surface area contributed by atoms with E-state index in [4.69, 9.17) is 17.3 Å². The van der Waals surface area contributed by atoms with E-state index in [1.54, 1.807) is 6.07 Å². The molecule has 1 fully saturated rings. The fourth-order valence-electron chi connectivity index (χ4n) is 3.08. The molecule has 0 aromatic heterocycles. The van der Waals surface area contributed by atoms with Crippen LogP contribution >= 0.6 is 11.6 Å². The van der Waals surface area contributed by atoms with Crippen molar-refractivity contribution >= 4 is 11.6 Å². The molecule has 0 saturated heterocycles. The van der Waals surface area contributed by atoms with Gasteiger partial charge in [0.05, 0.1) is 5.02 Å². The molecule has 1 nitrogen and oxygen atoms in total. The van der Waals surface area contributed by atoms with Crippen molar-refractivity contribution in [3.05, 3.63) is 34.6 Å². The molecule has 0 amide bonds. The second kappa shape index (κ2) is 5.18. The standard InChI is InChI=1S/C15H21ClFN/c1-10-4-3-7-15(18,11(10)2)9-12-5-6-13(16)14(17)8-12/h5-6,8,10-11H,3-4,7,9,18H2,1-2H3. The predicted molar refractivity (Wildman–Crippen MR) is 74.2 cm³/mol. The van der Waals surface area contributed by atoms with Crippen LogP contribution in [0.15, 0.2) is 18.2 Å². The van der Waals surface area contributed by atoms with Crippen LogP contribution < -0.4 is 5.73 Å². The van der Waals surface area contributed by atoms with Crippen molar-refractivity contribution < 1.29 is 4.39 Å². The van der Waals surface area contributed by atoms with Crippen molar-refractivity contribution in [2.75, 3.05) is 0 Å². The Morgan fingerprint density at radius 2 is 2.17 bits per heavy atom. The SMILES string of the molecule is CC1CCCC(N)(Cc2ccc(Cl)c(F)c2)C1C. The van der Waals surface area contributed by atoms with Crippen molar-refractivity contribution in [3.8, 4) is 0 Å². The summed E-state index contributed by atoms with van der Waals surface area (Å²) in [6.07, 6.45) is 4.16. The van der Waals surface area contributed by atoms with E-state index < -0.39 is 0 Å². The van der Waals surface area contributed by atoms with E-state index in [1.807, 2.05) is 6.07 Å². The number of halogens is 2. The van der Waals surface area contributed by atoms with Crippen LogP contribution in [-0.2, 0) is 6.42 Å². The maximum absolute atomic E-state index is 13.5. The van der Waals surface area contributed by atoms with Crippen LogP contribution in [0.25, 0.3) is 0 Å². The van der Waals surface area contributed by atoms with Crippen molar-refractivity contribution in [3.63, 3.8) is 0 Å². The summed E-state index contributed by atoms with van der Waals surface area (Å²) in [5.41, 5.74) is 7.29. The van der Waals surface area contributed by atoms with Gasteiger partial charge in [0.15, 0.2) is 0 Å². The van der Waals surface area contributed by atoms with Gasteiger partial charge in [0, 0.05) is 5.54 Å². The Morgan fingerprint density at radius 1 is 1.44 bits per heavy atom. The Bertz CT molecular complexity index is 435. The molecule has 1 aliphatic rings. The summed E-state index contributed by atoms with van der Waals surface area (Å²) in [7, 11) is 0. The van der Waals surface area contributed by atoms with Gasteiger partial charge in [0.2, 0.25) is 0 Å². The normalized spacial score (nSPS) is 32.5. The highest BCUT2D eigenvalue weighted by Crippen LogP contribution is 2.38. The van der Waals surface area contributed by atoms with E-state index in [0.717, 1.165) is 24.8 Å². The Labute approximate surface area is 114 Å². The zero-order valence-corrected chi connectivity index (χ0v) is 11.8. The van der Waals surface area contributed by atoms with Crippen molar-refractivity contribution in [1.82, 2.24) is 0 Å². The molecule has 1 aliphatic carbocycles. The fourth-order valence-corrected chi connectivity index (χ4v) is 3.19. The minimum absolute atomic E-state index is 0.176. The van der Waals surface area contributed by atoms with E-state index in [9.17, 15) is 4.39 Å². The van der Waals surface area contributed by atoms with Crippen molar-refractivity contribution in [2.24, 2.45) is 17.6 Å². The highest BCUT2D eigenvalue weighted by atomic mass is 35.5. The smallest absolute Gasteiger partial charge is 0.142 e. The molecule has 1 aromatic carbocycles. The highest BCUT2D eigenvalue weighted by Gasteiger charge is 2.38. The quantitative estimate of drug-likeness (QED) is 0.857. The molecule has 100 valence electrons. The minimum Gasteiger partial charge on any atom is -0.325 e. The first-order valence-electron chi connectivity index (χ1n) is 6.65. The summed E-state index contributed by atoms with van der Waals surface area (Å²) in [5, 5.41) is 0.176. The molecule has 1 saturated carbocycles. The third kappa shape index (κ3) is 2.70. The summed E-state index contributed by atoms with van der Waals surface area (Å²) in [4.78, 5) is 0. The van der Waals surface area contributed by atoms with Crippen LogP contribution in [0.1, 0.15) is 38.7 Å². The summed E-state index contributed by atoms with van der Waals surface area (Å²) >= 11 is 5.70. The molecule has 0 bridgehead atoms. The maximum Gasteiger partial charge on any atom is 0.142 e. The van der Waals surface area contributed by atoms with Crippen molar-refractivity contribution in [1.29, 1.82) is 0 Å². The second-order valence-electron chi connectivity index (χ2n) is 5.82. The molecule has 0 radical (unpaired) electrons. The minimum atomic E-state index is -0.353. The number of rotatable bonds is 2. The third-order valence-electron chi connectivity index (χ3n) is 4.58. The van der Waals surface area contributed by atoms with E-state index >= 15 is 0 Å². The van der Waals surface area contributed by atoms with Gasteiger partial charge < -0.3 is 5.73 Å². The van der Waals surface area contributed by atoms with Gasteiger partial charge in [-0.15, -0.1) is 0 Å². The van der Waals surface area contributed by atoms with Crippen LogP contribution in [-0.4, -0.2) is 5.54 Å². The fraction of sp³-hybridized carbons (Fsp3) is 0.600. The van der Waals surface area contributed by atoms with Gasteiger partial charge in [0.25, 0.3) is 0 Å². The lowest BCUT2D eigenvalue weighted by Crippen LogP contribution is -2.52. The summed E-state index contributed by atoms with van der Waals surface area (Å²) in [6.45, 7) is 4.48. The van der Waals surface area contributed by atoms with Crippen molar-refractivity contribution in [2.45, 2.75) is 45.1 Å². The Hall–Kier alpha value is -0.600. The molecule has 2 N–H and O–H groups in total. The van der Waals surface area contributed by atoms with Gasteiger partial charge in [-0.25, -0.2) is 4.39 Å². The molecule has 0 heterocycles. The molecule has 3 unspecified atom stereocenters. The molecule has 3 heteroatoms. The van der Waals surface area contributed by atoms with Gasteiger partial charge in [-0.05, 0) is 42.4 Å². The van der Waals surface area contributed by atoms with E-state index in [1.165, 1.54) is 12.5 Å². The molecule has 2 rings (SSSR count). The van der Waals surface area contributed by atoms with Crippen LogP contribution in [0, 0.1) is 17.7 Å². The van der Waals surface area contributed by atoms with E-state index in [-0.39, 0.29) is 16.4 Å². The summed E-state index contributed by atoms with van der Waals surface area (Å²) < 4.78 is 13.5. The highest BCUT2D eigenvalue weighted by molar-refractivity contribution is 6.30. The zero-order valence-electron chi connectivity index (χ0n) is 11.0. The monoisotopic (exact) mass is 269 g/mol. The molecular weight excluding hydrogens is 249 g/mol. The number of hydrogen-bond acceptors (Lipinski definition) is 1. The van der Waals surface area contributed by atoms with E-state index in [2.05, 4.69) is 13.8 Å². The first kappa shape index (κ1) is 13.8. The molecule has 1 aromatic rings. The van der Waals surface area contributed by atoms with Crippen LogP contribution in [0.4, 0.5) is 4.39 Å². The van der Waals surface area contributed by atoms with Gasteiger partial charge in [0.1, 0.15) is 5.82 Å². The maximum atomic E-state index is 13.5. The molecule has 0 aliphatic heterocycles. The lowest BCUT2D eigenvalue weighted by Gasteiger charge is -2.43. The molecular formula is C15H21ClFN. The van der Waals surface area contributed by atoms with E-state index in [0.29, 0.717) is 11.8 Å². The summed E-state index contributed by atoms with van der Waals surface area (Å²) in [5.74, 6) is 0.750. The topological polar surface area (TPSA) is 26.0 Å². The van der Waals surface area contributed by atoms with Gasteiger partial charge in [-0.3, -0.25) is 0 Å². The molecule has 0 spiro atoms. The summed E-state index contributed by atoms with van der Waals surface area (Å²) in [6, 6.07) is 5.02. The molecule has 3 atom stereocenters. The first-order chi connectivity index (χ1) is 8.42. The lowest BCUT2D eigenvalue weighted by atomic mass is 9.66. The van der Waals surface area contributed by atoms with Gasteiger partial charge in [-0.1, -0.05) is 44.4 Å². The van der Waals surface area contributed by atoms with Crippen LogP contribution in [0.5, 0.6) is 0 Å². The van der Waals surface area contributed by atoms with Crippen LogP contribution in [0.3, 0.4) is 0 Å².